The fourth-order valence-corrected chi connectivity index (χ4v) is 5.40. The van der Waals surface area contributed by atoms with Crippen molar-refractivity contribution in [1.29, 1.82) is 0 Å². The average Bonchev–Trinajstić information content (AvgIpc) is 2.93. The molecule has 0 fully saturated rings. The van der Waals surface area contributed by atoms with Gasteiger partial charge in [-0.15, -0.1) is 0 Å². The molecule has 4 rings (SSSR count). The lowest BCUT2D eigenvalue weighted by Crippen LogP contribution is -2.35. The van der Waals surface area contributed by atoms with Crippen LogP contribution in [0.2, 0.25) is 0 Å². The van der Waals surface area contributed by atoms with Crippen LogP contribution in [0.4, 0.5) is 11.4 Å². The van der Waals surface area contributed by atoms with Crippen LogP contribution in [0.3, 0.4) is 0 Å². The van der Waals surface area contributed by atoms with Crippen LogP contribution in [-0.4, -0.2) is 45.4 Å². The van der Waals surface area contributed by atoms with Gasteiger partial charge in [0.1, 0.15) is 6.29 Å². The van der Waals surface area contributed by atoms with Gasteiger partial charge in [-0.3, -0.25) is 14.9 Å². The SMILES string of the molecule is Cc1ccc([C@@H]2[C@@H](CC=C(c3ccc(N(C)C)cc3)c3ccc(N(C)C)cc3)C=C(C=O)C[C@@H]2[N+](=O)[O-])cc1. The second kappa shape index (κ2) is 12.1. The number of rotatable bonds is 9. The summed E-state index contributed by atoms with van der Waals surface area (Å²) in [5.41, 5.74) is 7.99. The van der Waals surface area contributed by atoms with Crippen molar-refractivity contribution in [3.63, 3.8) is 0 Å². The molecule has 0 bridgehead atoms. The van der Waals surface area contributed by atoms with Gasteiger partial charge < -0.3 is 9.80 Å². The largest absolute Gasteiger partial charge is 0.378 e. The van der Waals surface area contributed by atoms with Gasteiger partial charge in [0.2, 0.25) is 6.04 Å². The molecule has 3 atom stereocenters. The highest BCUT2D eigenvalue weighted by molar-refractivity contribution is 5.81. The fraction of sp³-hybridized carbons (Fsp3) is 0.303. The van der Waals surface area contributed by atoms with Crippen LogP contribution in [0.25, 0.3) is 5.57 Å². The number of carbonyl (C=O) groups excluding carboxylic acids is 1. The van der Waals surface area contributed by atoms with E-state index in [0.717, 1.165) is 45.5 Å². The molecule has 6 nitrogen and oxygen atoms in total. The lowest BCUT2D eigenvalue weighted by molar-refractivity contribution is -0.528. The molecule has 0 N–H and O–H groups in total. The van der Waals surface area contributed by atoms with Crippen molar-refractivity contribution < 1.29 is 9.72 Å². The van der Waals surface area contributed by atoms with E-state index in [2.05, 4.69) is 64.4 Å². The Hall–Kier alpha value is -4.19. The van der Waals surface area contributed by atoms with Gasteiger partial charge in [-0.05, 0) is 71.4 Å². The molecule has 0 amide bonds. The van der Waals surface area contributed by atoms with Crippen LogP contribution in [0.15, 0.2) is 90.5 Å². The summed E-state index contributed by atoms with van der Waals surface area (Å²) in [7, 11) is 8.07. The van der Waals surface area contributed by atoms with Crippen molar-refractivity contribution >= 4 is 23.2 Å². The molecular formula is C33H37N3O3. The summed E-state index contributed by atoms with van der Waals surface area (Å²) in [6.45, 7) is 2.01. The van der Waals surface area contributed by atoms with E-state index < -0.39 is 6.04 Å². The molecule has 3 aromatic rings. The van der Waals surface area contributed by atoms with E-state index in [-0.39, 0.29) is 23.2 Å². The summed E-state index contributed by atoms with van der Waals surface area (Å²) >= 11 is 0. The van der Waals surface area contributed by atoms with Crippen LogP contribution in [0.5, 0.6) is 0 Å². The Balaban J connectivity index is 1.78. The first-order chi connectivity index (χ1) is 18.7. The van der Waals surface area contributed by atoms with E-state index in [0.29, 0.717) is 12.0 Å². The Morgan fingerprint density at radius 2 is 1.38 bits per heavy atom. The fourth-order valence-electron chi connectivity index (χ4n) is 5.40. The number of nitrogens with zero attached hydrogens (tertiary/aromatic N) is 3. The predicted molar refractivity (Wildman–Crippen MR) is 160 cm³/mol. The number of allylic oxidation sites excluding steroid dienone is 2. The van der Waals surface area contributed by atoms with E-state index in [9.17, 15) is 14.9 Å². The van der Waals surface area contributed by atoms with Gasteiger partial charge >= 0.3 is 0 Å². The smallest absolute Gasteiger partial charge is 0.224 e. The van der Waals surface area contributed by atoms with Crippen molar-refractivity contribution in [1.82, 2.24) is 0 Å². The van der Waals surface area contributed by atoms with Crippen LogP contribution in [-0.2, 0) is 4.79 Å². The van der Waals surface area contributed by atoms with Crippen LogP contribution in [0.1, 0.15) is 41.0 Å². The summed E-state index contributed by atoms with van der Waals surface area (Å²) in [5, 5.41) is 12.2. The summed E-state index contributed by atoms with van der Waals surface area (Å²) in [6, 6.07) is 24.0. The van der Waals surface area contributed by atoms with Crippen molar-refractivity contribution in [2.45, 2.75) is 31.7 Å². The van der Waals surface area contributed by atoms with Gasteiger partial charge in [0.05, 0.1) is 5.92 Å². The number of aldehydes is 1. The molecule has 202 valence electrons. The maximum Gasteiger partial charge on any atom is 0.224 e. The highest BCUT2D eigenvalue weighted by Gasteiger charge is 2.41. The third-order valence-corrected chi connectivity index (χ3v) is 7.62. The van der Waals surface area contributed by atoms with Crippen molar-refractivity contribution in [3.8, 4) is 0 Å². The molecule has 0 spiro atoms. The zero-order valence-corrected chi connectivity index (χ0v) is 23.4. The summed E-state index contributed by atoms with van der Waals surface area (Å²) in [4.78, 5) is 27.9. The zero-order valence-electron chi connectivity index (χ0n) is 23.4. The van der Waals surface area contributed by atoms with Crippen LogP contribution in [0, 0.1) is 23.0 Å². The molecule has 1 aliphatic carbocycles. The summed E-state index contributed by atoms with van der Waals surface area (Å²) in [6.07, 6.45) is 5.64. The standard InChI is InChI=1S/C33H37N3O3/c1-23-6-8-27(9-7-23)33-28(20-24(22-37)21-32(33)36(38)39)14-19-31(25-10-15-29(16-11-25)34(2)3)26-12-17-30(18-13-26)35(4)5/h6-13,15-20,22,28,32-33H,14,21H2,1-5H3/t28-,32-,33+/m0/s1. The van der Waals surface area contributed by atoms with E-state index in [1.807, 2.05) is 65.5 Å². The van der Waals surface area contributed by atoms with Gasteiger partial charge in [-0.2, -0.15) is 0 Å². The van der Waals surface area contributed by atoms with Crippen LogP contribution < -0.4 is 9.80 Å². The third-order valence-electron chi connectivity index (χ3n) is 7.62. The van der Waals surface area contributed by atoms with Crippen molar-refractivity contribution in [2.75, 3.05) is 38.0 Å². The monoisotopic (exact) mass is 523 g/mol. The van der Waals surface area contributed by atoms with Crippen molar-refractivity contribution in [3.05, 3.63) is 123 Å². The van der Waals surface area contributed by atoms with E-state index in [1.165, 1.54) is 0 Å². The number of benzene rings is 3. The molecule has 0 heterocycles. The molecule has 0 radical (unpaired) electrons. The van der Waals surface area contributed by atoms with E-state index >= 15 is 0 Å². The minimum absolute atomic E-state index is 0.153. The Morgan fingerprint density at radius 3 is 1.82 bits per heavy atom. The van der Waals surface area contributed by atoms with Gasteiger partial charge in [-0.25, -0.2) is 0 Å². The minimum Gasteiger partial charge on any atom is -0.378 e. The molecule has 0 saturated carbocycles. The maximum absolute atomic E-state index is 12.2. The third kappa shape index (κ3) is 6.45. The molecule has 0 aromatic heterocycles. The minimum atomic E-state index is -0.849. The van der Waals surface area contributed by atoms with Gasteiger partial charge in [0.15, 0.2) is 0 Å². The maximum atomic E-state index is 12.2. The first-order valence-electron chi connectivity index (χ1n) is 13.3. The first-order valence-corrected chi connectivity index (χ1v) is 13.3. The predicted octanol–water partition coefficient (Wildman–Crippen LogP) is 6.52. The molecule has 0 aliphatic heterocycles. The molecule has 0 saturated heterocycles. The molecule has 0 unspecified atom stereocenters. The highest BCUT2D eigenvalue weighted by Crippen LogP contribution is 2.41. The molecular weight excluding hydrogens is 486 g/mol. The summed E-state index contributed by atoms with van der Waals surface area (Å²) < 4.78 is 0. The number of hydrogen-bond acceptors (Lipinski definition) is 5. The molecule has 3 aromatic carbocycles. The quantitative estimate of drug-likeness (QED) is 0.181. The molecule has 6 heteroatoms. The number of carbonyl (C=O) groups is 1. The molecule has 39 heavy (non-hydrogen) atoms. The Morgan fingerprint density at radius 1 is 0.872 bits per heavy atom. The lowest BCUT2D eigenvalue weighted by Gasteiger charge is -2.31. The normalized spacial score (nSPS) is 18.6. The second-order valence-electron chi connectivity index (χ2n) is 10.8. The van der Waals surface area contributed by atoms with Gasteiger partial charge in [0, 0.05) is 50.9 Å². The van der Waals surface area contributed by atoms with E-state index in [1.54, 1.807) is 0 Å². The Kier molecular flexibility index (Phi) is 8.65. The van der Waals surface area contributed by atoms with E-state index in [4.69, 9.17) is 0 Å². The number of anilines is 2. The highest BCUT2D eigenvalue weighted by atomic mass is 16.6. The van der Waals surface area contributed by atoms with Crippen LogP contribution >= 0.6 is 0 Å². The number of aryl methyl sites for hydroxylation is 1. The van der Waals surface area contributed by atoms with Gasteiger partial charge in [-0.1, -0.05) is 66.2 Å². The first kappa shape index (κ1) is 27.8. The van der Waals surface area contributed by atoms with Gasteiger partial charge in [0.25, 0.3) is 0 Å². The van der Waals surface area contributed by atoms with Crippen molar-refractivity contribution in [2.24, 2.45) is 5.92 Å². The second-order valence-corrected chi connectivity index (χ2v) is 10.8. The summed E-state index contributed by atoms with van der Waals surface area (Å²) in [5.74, 6) is -0.511. The zero-order chi connectivity index (χ0) is 28.1. The average molecular weight is 524 g/mol. The number of hydrogen-bond donors (Lipinski definition) is 0. The molecule has 1 aliphatic rings. The number of nitro groups is 1. The Labute approximate surface area is 231 Å². The Bertz CT molecular complexity index is 1300. The lowest BCUT2D eigenvalue weighted by atomic mass is 9.72. The topological polar surface area (TPSA) is 66.7 Å².